The molecule has 21 heavy (non-hydrogen) atoms. The predicted molar refractivity (Wildman–Crippen MR) is 91.6 cm³/mol. The summed E-state index contributed by atoms with van der Waals surface area (Å²) >= 11 is 0. The van der Waals surface area contributed by atoms with E-state index in [2.05, 4.69) is 62.4 Å². The number of nitrogens with one attached hydrogen (secondary N) is 1. The molecule has 1 aliphatic carbocycles. The second-order valence-electron chi connectivity index (χ2n) is 6.95. The van der Waals surface area contributed by atoms with Crippen molar-refractivity contribution in [1.82, 2.24) is 10.2 Å². The second-order valence-corrected chi connectivity index (χ2v) is 6.95. The Morgan fingerprint density at radius 3 is 2.57 bits per heavy atom. The van der Waals surface area contributed by atoms with Gasteiger partial charge in [-0.15, -0.1) is 0 Å². The number of aryl methyl sites for hydroxylation is 1. The topological polar surface area (TPSA) is 15.3 Å². The number of benzene rings is 1. The van der Waals surface area contributed by atoms with Crippen LogP contribution in [0.25, 0.3) is 0 Å². The Morgan fingerprint density at radius 2 is 1.95 bits per heavy atom. The molecular formula is C19H32N2. The van der Waals surface area contributed by atoms with Gasteiger partial charge in [0.1, 0.15) is 0 Å². The first-order valence-corrected chi connectivity index (χ1v) is 8.54. The molecule has 1 N–H and O–H groups in total. The summed E-state index contributed by atoms with van der Waals surface area (Å²) in [6.07, 6.45) is 6.78. The van der Waals surface area contributed by atoms with E-state index in [0.717, 1.165) is 12.0 Å². The summed E-state index contributed by atoms with van der Waals surface area (Å²) in [6.45, 7) is 5.73. The fourth-order valence-corrected chi connectivity index (χ4v) is 3.59. The molecule has 1 fully saturated rings. The lowest BCUT2D eigenvalue weighted by atomic mass is 9.86. The normalized spacial score (nSPS) is 24.2. The van der Waals surface area contributed by atoms with Gasteiger partial charge in [-0.05, 0) is 58.3 Å². The van der Waals surface area contributed by atoms with E-state index in [-0.39, 0.29) is 0 Å². The highest BCUT2D eigenvalue weighted by molar-refractivity contribution is 5.24. The van der Waals surface area contributed by atoms with Gasteiger partial charge in [-0.1, -0.05) is 49.6 Å². The maximum Gasteiger partial charge on any atom is 0.0329 e. The molecule has 0 aromatic heterocycles. The molecule has 1 saturated carbocycles. The predicted octanol–water partition coefficient (Wildman–Crippen LogP) is 4.16. The molecule has 118 valence electrons. The van der Waals surface area contributed by atoms with Gasteiger partial charge in [0.2, 0.25) is 0 Å². The van der Waals surface area contributed by atoms with E-state index in [0.29, 0.717) is 6.04 Å². The summed E-state index contributed by atoms with van der Waals surface area (Å²) in [7, 11) is 4.39. The highest BCUT2D eigenvalue weighted by Crippen LogP contribution is 2.27. The van der Waals surface area contributed by atoms with Crippen LogP contribution in [0.1, 0.15) is 56.2 Å². The maximum atomic E-state index is 3.48. The summed E-state index contributed by atoms with van der Waals surface area (Å²) in [5, 5.41) is 3.48. The van der Waals surface area contributed by atoms with Crippen molar-refractivity contribution in [1.29, 1.82) is 0 Å². The van der Waals surface area contributed by atoms with Crippen molar-refractivity contribution in [3.8, 4) is 0 Å². The molecule has 2 rings (SSSR count). The third kappa shape index (κ3) is 4.82. The average molecular weight is 288 g/mol. The van der Waals surface area contributed by atoms with Gasteiger partial charge < -0.3 is 10.2 Å². The Labute approximate surface area is 130 Å². The molecule has 0 radical (unpaired) electrons. The van der Waals surface area contributed by atoms with Crippen molar-refractivity contribution in [3.05, 3.63) is 35.4 Å². The third-order valence-electron chi connectivity index (χ3n) is 5.13. The van der Waals surface area contributed by atoms with Crippen LogP contribution in [-0.4, -0.2) is 31.6 Å². The van der Waals surface area contributed by atoms with Crippen LogP contribution in [0.5, 0.6) is 0 Å². The van der Waals surface area contributed by atoms with Crippen molar-refractivity contribution in [2.45, 2.75) is 58.0 Å². The first-order valence-electron chi connectivity index (χ1n) is 8.54. The van der Waals surface area contributed by atoms with Gasteiger partial charge in [-0.2, -0.15) is 0 Å². The van der Waals surface area contributed by atoms with Crippen molar-refractivity contribution in [2.75, 3.05) is 20.6 Å². The Morgan fingerprint density at radius 1 is 1.24 bits per heavy atom. The Hall–Kier alpha value is -0.860. The van der Waals surface area contributed by atoms with Gasteiger partial charge >= 0.3 is 0 Å². The molecule has 3 atom stereocenters. The number of rotatable bonds is 6. The molecule has 0 spiro atoms. The van der Waals surface area contributed by atoms with Gasteiger partial charge in [-0.25, -0.2) is 0 Å². The summed E-state index contributed by atoms with van der Waals surface area (Å²) in [4.78, 5) is 2.59. The van der Waals surface area contributed by atoms with Gasteiger partial charge in [-0.3, -0.25) is 0 Å². The summed E-state index contributed by atoms with van der Waals surface area (Å²) in [5.74, 6) is 0.906. The van der Waals surface area contributed by atoms with Crippen molar-refractivity contribution in [3.63, 3.8) is 0 Å². The average Bonchev–Trinajstić information content (AvgIpc) is 2.49. The Bertz CT molecular complexity index is 412. The van der Waals surface area contributed by atoms with Gasteiger partial charge in [0, 0.05) is 12.1 Å². The van der Waals surface area contributed by atoms with E-state index in [1.165, 1.54) is 49.8 Å². The molecule has 0 bridgehead atoms. The minimum Gasteiger partial charge on any atom is -0.313 e. The third-order valence-corrected chi connectivity index (χ3v) is 5.13. The molecule has 3 unspecified atom stereocenters. The molecule has 2 nitrogen and oxygen atoms in total. The van der Waals surface area contributed by atoms with Gasteiger partial charge in [0.15, 0.2) is 0 Å². The molecule has 0 aliphatic heterocycles. The minimum absolute atomic E-state index is 0.467. The minimum atomic E-state index is 0.467. The smallest absolute Gasteiger partial charge is 0.0329 e. The lowest BCUT2D eigenvalue weighted by Gasteiger charge is -2.35. The zero-order chi connectivity index (χ0) is 15.2. The summed E-state index contributed by atoms with van der Waals surface area (Å²) in [5.41, 5.74) is 2.75. The number of hydrogen-bond donors (Lipinski definition) is 1. The maximum absolute atomic E-state index is 3.48. The highest BCUT2D eigenvalue weighted by Gasteiger charge is 2.22. The SMILES string of the molecule is CNC(CCN(C)C1CCCC(C)C1)c1ccc(C)cc1. The first kappa shape index (κ1) is 16.5. The number of hydrogen-bond acceptors (Lipinski definition) is 2. The molecule has 0 saturated heterocycles. The zero-order valence-electron chi connectivity index (χ0n) is 14.2. The van der Waals surface area contributed by atoms with E-state index in [9.17, 15) is 0 Å². The molecule has 2 heteroatoms. The van der Waals surface area contributed by atoms with Crippen LogP contribution in [0, 0.1) is 12.8 Å². The molecule has 0 heterocycles. The van der Waals surface area contributed by atoms with Crippen LogP contribution in [0.3, 0.4) is 0 Å². The van der Waals surface area contributed by atoms with Crippen LogP contribution in [0.4, 0.5) is 0 Å². The molecular weight excluding hydrogens is 256 g/mol. The van der Waals surface area contributed by atoms with E-state index in [1.54, 1.807) is 0 Å². The lowest BCUT2D eigenvalue weighted by molar-refractivity contribution is 0.158. The Kier molecular flexibility index (Phi) is 6.25. The van der Waals surface area contributed by atoms with Crippen molar-refractivity contribution in [2.24, 2.45) is 5.92 Å². The summed E-state index contributed by atoms with van der Waals surface area (Å²) in [6, 6.07) is 10.2. The molecule has 1 aromatic carbocycles. The zero-order valence-corrected chi connectivity index (χ0v) is 14.2. The van der Waals surface area contributed by atoms with Gasteiger partial charge in [0.05, 0.1) is 0 Å². The highest BCUT2D eigenvalue weighted by atomic mass is 15.1. The summed E-state index contributed by atoms with van der Waals surface area (Å²) < 4.78 is 0. The van der Waals surface area contributed by atoms with E-state index in [1.807, 2.05) is 0 Å². The largest absolute Gasteiger partial charge is 0.313 e. The fraction of sp³-hybridized carbons (Fsp3) is 0.684. The van der Waals surface area contributed by atoms with Crippen LogP contribution < -0.4 is 5.32 Å². The van der Waals surface area contributed by atoms with Crippen LogP contribution >= 0.6 is 0 Å². The van der Waals surface area contributed by atoms with Crippen molar-refractivity contribution < 1.29 is 0 Å². The van der Waals surface area contributed by atoms with Crippen LogP contribution in [0.2, 0.25) is 0 Å². The molecule has 1 aliphatic rings. The van der Waals surface area contributed by atoms with E-state index >= 15 is 0 Å². The van der Waals surface area contributed by atoms with Crippen molar-refractivity contribution >= 4 is 0 Å². The second kappa shape index (κ2) is 7.95. The van der Waals surface area contributed by atoms with Gasteiger partial charge in [0.25, 0.3) is 0 Å². The molecule has 0 amide bonds. The standard InChI is InChI=1S/C19H32N2/c1-15-8-10-17(11-9-15)19(20-3)12-13-21(4)18-7-5-6-16(2)14-18/h8-11,16,18-20H,5-7,12-14H2,1-4H3. The first-order chi connectivity index (χ1) is 10.1. The Balaban J connectivity index is 1.86. The van der Waals surface area contributed by atoms with Crippen LogP contribution in [0.15, 0.2) is 24.3 Å². The van der Waals surface area contributed by atoms with E-state index in [4.69, 9.17) is 0 Å². The quantitative estimate of drug-likeness (QED) is 0.845. The number of nitrogens with zero attached hydrogens (tertiary/aromatic N) is 1. The fourth-order valence-electron chi connectivity index (χ4n) is 3.59. The lowest BCUT2D eigenvalue weighted by Crippen LogP contribution is -2.37. The van der Waals surface area contributed by atoms with E-state index < -0.39 is 0 Å². The molecule has 1 aromatic rings. The monoisotopic (exact) mass is 288 g/mol. The van der Waals surface area contributed by atoms with Crippen LogP contribution in [-0.2, 0) is 0 Å².